The molecule has 0 aliphatic carbocycles. The number of carbonyl (C=O) groups is 4. The summed E-state index contributed by atoms with van der Waals surface area (Å²) < 4.78 is 68.1. The van der Waals surface area contributed by atoms with Crippen LogP contribution >= 0.6 is 15.6 Å². The molecule has 0 bridgehead atoms. The third-order valence-electron chi connectivity index (χ3n) is 16.3. The average molecular weight is 1350 g/mol. The fourth-order valence-corrected chi connectivity index (χ4v) is 12.2. The fourth-order valence-electron chi connectivity index (χ4n) is 10.6. The van der Waals surface area contributed by atoms with Crippen molar-refractivity contribution < 1.29 is 80.2 Å². The van der Waals surface area contributed by atoms with E-state index in [2.05, 4.69) is 65.8 Å². The molecule has 19 heteroatoms. The first-order valence-corrected chi connectivity index (χ1v) is 40.3. The van der Waals surface area contributed by atoms with Gasteiger partial charge in [0.15, 0.2) is 12.2 Å². The predicted octanol–water partition coefficient (Wildman–Crippen LogP) is 20.7. The minimum Gasteiger partial charge on any atom is -0.462 e. The Morgan fingerprint density at radius 1 is 0.337 bits per heavy atom. The topological polar surface area (TPSA) is 237 Å². The molecule has 0 heterocycles. The molecule has 0 saturated carbocycles. The van der Waals surface area contributed by atoms with E-state index < -0.39 is 97.5 Å². The Hall–Kier alpha value is -2.46. The second kappa shape index (κ2) is 64.5. The third kappa shape index (κ3) is 66.2. The first-order chi connectivity index (χ1) is 44.4. The van der Waals surface area contributed by atoms with Crippen LogP contribution in [0.25, 0.3) is 0 Å². The molecule has 0 radical (unpaired) electrons. The largest absolute Gasteiger partial charge is 0.472 e. The maximum atomic E-state index is 13.0. The maximum Gasteiger partial charge on any atom is 0.472 e. The molecule has 542 valence electrons. The molecule has 2 unspecified atom stereocenters. The molecule has 0 rings (SSSR count). The minimum absolute atomic E-state index is 0.101. The molecule has 0 saturated heterocycles. The summed E-state index contributed by atoms with van der Waals surface area (Å²) in [6.45, 7) is 9.40. The second-order valence-corrected chi connectivity index (χ2v) is 29.5. The molecular formula is C73H138O17P2. The summed E-state index contributed by atoms with van der Waals surface area (Å²) in [6.07, 6.45) is 54.1. The molecule has 0 aromatic heterocycles. The van der Waals surface area contributed by atoms with Crippen LogP contribution in [0.5, 0.6) is 0 Å². The molecule has 17 nitrogen and oxygen atoms in total. The maximum absolute atomic E-state index is 13.0. The molecule has 0 aliphatic heterocycles. The minimum atomic E-state index is -4.96. The summed E-state index contributed by atoms with van der Waals surface area (Å²) in [6, 6.07) is 0. The highest BCUT2D eigenvalue weighted by Gasteiger charge is 2.30. The molecule has 3 N–H and O–H groups in total. The normalized spacial score (nSPS) is 14.2. The highest BCUT2D eigenvalue weighted by atomic mass is 31.2. The number of allylic oxidation sites excluding steroid dienone is 4. The number of carbonyl (C=O) groups excluding carboxylic acids is 4. The Bertz CT molecular complexity index is 1880. The van der Waals surface area contributed by atoms with Crippen LogP contribution in [0.4, 0.5) is 0 Å². The van der Waals surface area contributed by atoms with Gasteiger partial charge in [0, 0.05) is 25.7 Å². The molecule has 0 aromatic carbocycles. The quantitative estimate of drug-likeness (QED) is 0.0169. The first-order valence-electron chi connectivity index (χ1n) is 37.3. The van der Waals surface area contributed by atoms with Crippen LogP contribution in [-0.4, -0.2) is 96.7 Å². The van der Waals surface area contributed by atoms with Crippen molar-refractivity contribution in [2.24, 2.45) is 11.8 Å². The van der Waals surface area contributed by atoms with Gasteiger partial charge in [-0.1, -0.05) is 297 Å². The number of aliphatic hydroxyl groups is 1. The second-order valence-electron chi connectivity index (χ2n) is 26.6. The zero-order chi connectivity index (χ0) is 67.9. The Labute approximate surface area is 561 Å². The summed E-state index contributed by atoms with van der Waals surface area (Å²) in [7, 11) is -9.91. The van der Waals surface area contributed by atoms with E-state index >= 15 is 0 Å². The van der Waals surface area contributed by atoms with Gasteiger partial charge in [-0.15, -0.1) is 0 Å². The molecule has 0 aliphatic rings. The third-order valence-corrected chi connectivity index (χ3v) is 18.2. The van der Waals surface area contributed by atoms with Crippen molar-refractivity contribution in [2.45, 2.75) is 368 Å². The van der Waals surface area contributed by atoms with Crippen molar-refractivity contribution in [3.05, 3.63) is 24.3 Å². The van der Waals surface area contributed by atoms with Crippen molar-refractivity contribution in [3.8, 4) is 0 Å². The average Bonchev–Trinajstić information content (AvgIpc) is 1.65. The molecular weight excluding hydrogens is 1210 g/mol. The van der Waals surface area contributed by atoms with Crippen LogP contribution in [0.2, 0.25) is 0 Å². The summed E-state index contributed by atoms with van der Waals surface area (Å²) in [5.41, 5.74) is 0. The Kier molecular flexibility index (Phi) is 62.8. The number of hydrogen-bond acceptors (Lipinski definition) is 15. The molecule has 0 aromatic rings. The molecule has 0 spiro atoms. The fraction of sp³-hybridized carbons (Fsp3) is 0.890. The van der Waals surface area contributed by atoms with E-state index in [9.17, 15) is 43.2 Å². The van der Waals surface area contributed by atoms with Gasteiger partial charge in [0.05, 0.1) is 26.4 Å². The molecule has 0 amide bonds. The van der Waals surface area contributed by atoms with Crippen LogP contribution in [0.15, 0.2) is 24.3 Å². The number of phosphoric ester groups is 2. The zero-order valence-electron chi connectivity index (χ0n) is 59.3. The standard InChI is InChI=1S/C73H138O17P2/c1-7-9-11-13-14-15-16-17-22-26-29-32-38-44-50-56-71(76)84-62-69(90-72(77)57-51-45-39-33-30-27-24-21-19-18-20-23-25-28-31-36-42-47-53-65(3)4)64-88-92(81,82)86-60-67(74)59-85-91(79,80)87-63-68(61-83-70(75)55-49-41-12-10-8-2)89-73(78)58-52-46-40-35-34-37-43-48-54-66(5)6/h15-17,22,65-69,74H,7-14,18-21,23-64H2,1-6H3,(H,79,80)(H,81,82)/b16-15-,22-17-/t67-,68+,69+/m0/s1. The lowest BCUT2D eigenvalue weighted by atomic mass is 10.0. The zero-order valence-corrected chi connectivity index (χ0v) is 61.1. The van der Waals surface area contributed by atoms with Crippen LogP contribution in [0, 0.1) is 11.8 Å². The van der Waals surface area contributed by atoms with Gasteiger partial charge in [-0.25, -0.2) is 9.13 Å². The van der Waals surface area contributed by atoms with E-state index in [4.69, 9.17) is 37.0 Å². The Balaban J connectivity index is 5.16. The van der Waals surface area contributed by atoms with Crippen molar-refractivity contribution in [3.63, 3.8) is 0 Å². The van der Waals surface area contributed by atoms with Gasteiger partial charge in [0.25, 0.3) is 0 Å². The monoisotopic (exact) mass is 1350 g/mol. The van der Waals surface area contributed by atoms with Gasteiger partial charge in [0.1, 0.15) is 19.3 Å². The van der Waals surface area contributed by atoms with E-state index in [0.717, 1.165) is 127 Å². The van der Waals surface area contributed by atoms with Crippen LogP contribution in [-0.2, 0) is 65.4 Å². The molecule has 92 heavy (non-hydrogen) atoms. The van der Waals surface area contributed by atoms with E-state index in [1.807, 2.05) is 0 Å². The van der Waals surface area contributed by atoms with Gasteiger partial charge in [-0.3, -0.25) is 37.3 Å². The van der Waals surface area contributed by atoms with Gasteiger partial charge in [0.2, 0.25) is 0 Å². The lowest BCUT2D eigenvalue weighted by Gasteiger charge is -2.21. The summed E-state index contributed by atoms with van der Waals surface area (Å²) in [5, 5.41) is 10.6. The lowest BCUT2D eigenvalue weighted by Crippen LogP contribution is -2.30. The van der Waals surface area contributed by atoms with E-state index in [0.29, 0.717) is 25.7 Å². The number of unbranched alkanes of at least 4 members (excludes halogenated alkanes) is 37. The van der Waals surface area contributed by atoms with E-state index in [1.54, 1.807) is 0 Å². The summed E-state index contributed by atoms with van der Waals surface area (Å²) in [5.74, 6) is -0.629. The van der Waals surface area contributed by atoms with Crippen LogP contribution in [0.1, 0.15) is 350 Å². The Morgan fingerprint density at radius 3 is 0.891 bits per heavy atom. The number of hydrogen-bond donors (Lipinski definition) is 3. The van der Waals surface area contributed by atoms with Gasteiger partial charge in [-0.05, 0) is 63.2 Å². The highest BCUT2D eigenvalue weighted by molar-refractivity contribution is 7.47. The smallest absolute Gasteiger partial charge is 0.462 e. The van der Waals surface area contributed by atoms with Crippen molar-refractivity contribution in [1.82, 2.24) is 0 Å². The number of ether oxygens (including phenoxy) is 4. The van der Waals surface area contributed by atoms with Crippen LogP contribution in [0.3, 0.4) is 0 Å². The van der Waals surface area contributed by atoms with Crippen molar-refractivity contribution in [1.29, 1.82) is 0 Å². The van der Waals surface area contributed by atoms with Crippen molar-refractivity contribution in [2.75, 3.05) is 39.6 Å². The first kappa shape index (κ1) is 89.5. The molecule has 5 atom stereocenters. The van der Waals surface area contributed by atoms with E-state index in [-0.39, 0.29) is 25.7 Å². The predicted molar refractivity (Wildman–Crippen MR) is 372 cm³/mol. The summed E-state index contributed by atoms with van der Waals surface area (Å²) >= 11 is 0. The number of aliphatic hydroxyl groups excluding tert-OH is 1. The number of rotatable bonds is 70. The summed E-state index contributed by atoms with van der Waals surface area (Å²) in [4.78, 5) is 72.3. The van der Waals surface area contributed by atoms with Gasteiger partial charge < -0.3 is 33.8 Å². The van der Waals surface area contributed by atoms with Crippen LogP contribution < -0.4 is 0 Å². The van der Waals surface area contributed by atoms with Gasteiger partial charge >= 0.3 is 39.5 Å². The number of phosphoric acid groups is 2. The number of esters is 4. The van der Waals surface area contributed by atoms with Gasteiger partial charge in [-0.2, -0.15) is 0 Å². The van der Waals surface area contributed by atoms with Crippen molar-refractivity contribution >= 4 is 39.5 Å². The molecule has 0 fully saturated rings. The Morgan fingerprint density at radius 2 is 0.587 bits per heavy atom. The lowest BCUT2D eigenvalue weighted by molar-refractivity contribution is -0.161. The SMILES string of the molecule is CCCCCC/C=C\C=C/CCCCCCCC(=O)OC[C@H](COP(=O)(O)OC[C@@H](O)COP(=O)(O)OC[C@@H](COC(=O)CCCCCCC)OC(=O)CCCCCCCCCCC(C)C)OC(=O)CCCCCCCCCCCCCCCCCCCCC(C)C. The van der Waals surface area contributed by atoms with E-state index in [1.165, 1.54) is 141 Å². The highest BCUT2D eigenvalue weighted by Crippen LogP contribution is 2.45.